The lowest BCUT2D eigenvalue weighted by Gasteiger charge is -1.76. The van der Waals surface area contributed by atoms with Gasteiger partial charge in [0.25, 0.3) is 0 Å². The fourth-order valence-corrected chi connectivity index (χ4v) is 1.23. The average molecular weight is 291 g/mol. The highest BCUT2D eigenvalue weighted by molar-refractivity contribution is 5.25. The van der Waals surface area contributed by atoms with Crippen molar-refractivity contribution < 1.29 is 4.52 Å². The molecular formula is C18H17N3O. The van der Waals surface area contributed by atoms with E-state index in [4.69, 9.17) is 9.78 Å². The molecule has 1 aromatic heterocycles. The lowest BCUT2D eigenvalue weighted by atomic mass is 10.3. The van der Waals surface area contributed by atoms with Crippen molar-refractivity contribution in [1.29, 1.82) is 5.26 Å². The zero-order valence-electron chi connectivity index (χ0n) is 12.0. The van der Waals surface area contributed by atoms with Gasteiger partial charge < -0.3 is 4.52 Å². The van der Waals surface area contributed by atoms with E-state index >= 15 is 0 Å². The topological polar surface area (TPSA) is 65.6 Å². The number of nitrogens with zero attached hydrogens (tertiary/aromatic N) is 2. The number of aromatic nitrogens is 2. The van der Waals surface area contributed by atoms with Crippen molar-refractivity contribution in [3.63, 3.8) is 0 Å². The summed E-state index contributed by atoms with van der Waals surface area (Å²) < 4.78 is 4.92. The van der Waals surface area contributed by atoms with Gasteiger partial charge in [-0.2, -0.15) is 10.4 Å². The minimum Gasteiger partial charge on any atom is -0.373 e. The first-order valence-electron chi connectivity index (χ1n) is 6.64. The molecule has 0 amide bonds. The first-order chi connectivity index (χ1) is 10.9. The number of hydrogen-bond donors (Lipinski definition) is 1. The minimum atomic E-state index is 0.561. The van der Waals surface area contributed by atoms with Gasteiger partial charge in [-0.1, -0.05) is 60.7 Å². The highest BCUT2D eigenvalue weighted by atomic mass is 16.5. The van der Waals surface area contributed by atoms with Crippen molar-refractivity contribution in [2.24, 2.45) is 0 Å². The fraction of sp³-hybridized carbons (Fsp3) is 0. The van der Waals surface area contributed by atoms with Gasteiger partial charge in [0.2, 0.25) is 0 Å². The summed E-state index contributed by atoms with van der Waals surface area (Å²) in [6.45, 7) is 0. The number of H-pyrrole nitrogens is 1. The van der Waals surface area contributed by atoms with E-state index in [1.54, 1.807) is 36.4 Å². The summed E-state index contributed by atoms with van der Waals surface area (Å²) in [4.78, 5) is 0. The van der Waals surface area contributed by atoms with Crippen molar-refractivity contribution in [2.75, 3.05) is 0 Å². The molecular weight excluding hydrogens is 274 g/mol. The molecule has 22 heavy (non-hydrogen) atoms. The van der Waals surface area contributed by atoms with Crippen LogP contribution >= 0.6 is 0 Å². The molecule has 4 heteroatoms. The molecule has 0 spiro atoms. The lowest BCUT2D eigenvalue weighted by Crippen LogP contribution is -1.66. The van der Waals surface area contributed by atoms with Gasteiger partial charge in [-0.25, -0.2) is 0 Å². The minimum absolute atomic E-state index is 0.561. The third-order valence-corrected chi connectivity index (χ3v) is 2.20. The van der Waals surface area contributed by atoms with E-state index < -0.39 is 0 Å². The molecule has 0 radical (unpaired) electrons. The SMILES string of the molecule is N#Cc1ccccccccccco[nH]nccccc1. The molecule has 0 unspecified atom stereocenters. The standard InChI is InChI=1S/C18H17N3O/c19-17-18-13-9-6-4-2-1-3-5-7-12-16-22-21-20-15-11-8-10-14-18/h1-16,21H. The molecule has 0 aliphatic heterocycles. The molecule has 4 nitrogen and oxygen atoms in total. The predicted molar refractivity (Wildman–Crippen MR) is 86.1 cm³/mol. The maximum atomic E-state index is 8.98. The first-order valence-corrected chi connectivity index (χ1v) is 6.64. The van der Waals surface area contributed by atoms with E-state index in [0.717, 1.165) is 0 Å². The van der Waals surface area contributed by atoms with Gasteiger partial charge in [-0.15, -0.1) is 5.27 Å². The van der Waals surface area contributed by atoms with E-state index in [1.165, 1.54) is 12.5 Å². The van der Waals surface area contributed by atoms with Crippen LogP contribution in [0.25, 0.3) is 0 Å². The Kier molecular flexibility index (Phi) is 9.66. The molecule has 0 bridgehead atoms. The van der Waals surface area contributed by atoms with Crippen LogP contribution in [0.5, 0.6) is 0 Å². The number of hydrogen-bond acceptors (Lipinski definition) is 3. The molecule has 1 heterocycles. The smallest absolute Gasteiger partial charge is 0.121 e. The Morgan fingerprint density at radius 3 is 1.95 bits per heavy atom. The van der Waals surface area contributed by atoms with Crippen molar-refractivity contribution >= 4 is 0 Å². The molecule has 0 atom stereocenters. The van der Waals surface area contributed by atoms with Crippen molar-refractivity contribution in [2.45, 2.75) is 0 Å². The van der Waals surface area contributed by atoms with Gasteiger partial charge in [0.1, 0.15) is 6.26 Å². The van der Waals surface area contributed by atoms with E-state index in [1.807, 2.05) is 48.5 Å². The quantitative estimate of drug-likeness (QED) is 0.771. The first kappa shape index (κ1) is 16.7. The van der Waals surface area contributed by atoms with Gasteiger partial charge in [-0.3, -0.25) is 0 Å². The summed E-state index contributed by atoms with van der Waals surface area (Å²) in [5, 5.41) is 15.2. The second-order valence-corrected chi connectivity index (χ2v) is 3.83. The van der Waals surface area contributed by atoms with E-state index in [-0.39, 0.29) is 0 Å². The van der Waals surface area contributed by atoms with Crippen molar-refractivity contribution in [1.82, 2.24) is 10.4 Å². The Bertz CT molecular complexity index is 645. The molecule has 0 saturated heterocycles. The summed E-state index contributed by atoms with van der Waals surface area (Å²) >= 11 is 0. The Balaban J connectivity index is 3.18. The van der Waals surface area contributed by atoms with Crippen LogP contribution in [0, 0.1) is 11.3 Å². The van der Waals surface area contributed by atoms with Crippen molar-refractivity contribution in [3.05, 3.63) is 103 Å². The number of aromatic amines is 1. The highest BCUT2D eigenvalue weighted by Gasteiger charge is 1.76. The Morgan fingerprint density at radius 1 is 0.773 bits per heavy atom. The molecule has 0 saturated carbocycles. The molecule has 110 valence electrons. The summed E-state index contributed by atoms with van der Waals surface area (Å²) in [5.41, 5.74) is 0.561. The third-order valence-electron chi connectivity index (χ3n) is 2.20. The highest BCUT2D eigenvalue weighted by Crippen LogP contribution is 1.89. The largest absolute Gasteiger partial charge is 0.373 e. The summed E-state index contributed by atoms with van der Waals surface area (Å²) in [6.07, 6.45) is 3.02. The van der Waals surface area contributed by atoms with Crippen LogP contribution in [0.4, 0.5) is 0 Å². The van der Waals surface area contributed by atoms with Crippen molar-refractivity contribution in [3.8, 4) is 6.07 Å². The monoisotopic (exact) mass is 291 g/mol. The molecule has 1 rings (SSSR count). The van der Waals surface area contributed by atoms with Crippen LogP contribution in [-0.4, -0.2) is 10.4 Å². The maximum absolute atomic E-state index is 8.98. The number of nitrogens with one attached hydrogen (secondary N) is 1. The molecule has 0 aliphatic rings. The second-order valence-electron chi connectivity index (χ2n) is 3.83. The van der Waals surface area contributed by atoms with Crippen LogP contribution in [0.2, 0.25) is 0 Å². The van der Waals surface area contributed by atoms with E-state index in [0.29, 0.717) is 5.56 Å². The molecule has 1 aromatic rings. The van der Waals surface area contributed by atoms with E-state index in [2.05, 4.69) is 16.4 Å². The maximum Gasteiger partial charge on any atom is 0.121 e. The van der Waals surface area contributed by atoms with Gasteiger partial charge in [-0.05, 0) is 24.3 Å². The fourth-order valence-electron chi connectivity index (χ4n) is 1.23. The predicted octanol–water partition coefficient (Wildman–Crippen LogP) is 4.37. The molecule has 0 aliphatic carbocycles. The van der Waals surface area contributed by atoms with Crippen LogP contribution < -0.4 is 0 Å². The zero-order chi connectivity index (χ0) is 15.7. The van der Waals surface area contributed by atoms with E-state index in [9.17, 15) is 0 Å². The number of rotatable bonds is 0. The third kappa shape index (κ3) is 9.59. The van der Waals surface area contributed by atoms with Crippen LogP contribution in [0.1, 0.15) is 5.56 Å². The number of nitriles is 1. The van der Waals surface area contributed by atoms with Crippen LogP contribution in [0.3, 0.4) is 0 Å². The summed E-state index contributed by atoms with van der Waals surface area (Å²) in [7, 11) is 0. The Morgan fingerprint density at radius 2 is 1.32 bits per heavy atom. The average Bonchev–Trinajstić information content (AvgIpc) is 2.54. The lowest BCUT2D eigenvalue weighted by molar-refractivity contribution is 0.367. The Labute approximate surface area is 129 Å². The summed E-state index contributed by atoms with van der Waals surface area (Å²) in [5.74, 6) is 0. The molecule has 0 fully saturated rings. The van der Waals surface area contributed by atoms with Crippen LogP contribution in [-0.2, 0) is 0 Å². The summed E-state index contributed by atoms with van der Waals surface area (Å²) in [6, 6.07) is 27.5. The van der Waals surface area contributed by atoms with Gasteiger partial charge in [0.15, 0.2) is 0 Å². The van der Waals surface area contributed by atoms with Gasteiger partial charge >= 0.3 is 0 Å². The zero-order valence-corrected chi connectivity index (χ0v) is 12.0. The van der Waals surface area contributed by atoms with Gasteiger partial charge in [0, 0.05) is 0 Å². The van der Waals surface area contributed by atoms with Gasteiger partial charge in [0.05, 0.1) is 17.8 Å². The molecule has 1 N–H and O–H groups in total. The normalized spacial score (nSPS) is 7.95. The Hall–Kier alpha value is -3.32. The molecule has 0 aromatic carbocycles. The second kappa shape index (κ2) is 12.7. The van der Waals surface area contributed by atoms with Crippen LogP contribution in [0.15, 0.2) is 102 Å².